The number of nitrogens with one attached hydrogen (secondary N) is 1. The van der Waals surface area contributed by atoms with Gasteiger partial charge in [0, 0.05) is 57.4 Å². The Morgan fingerprint density at radius 3 is 2.52 bits per heavy atom. The summed E-state index contributed by atoms with van der Waals surface area (Å²) >= 11 is 0. The van der Waals surface area contributed by atoms with Gasteiger partial charge in [0.25, 0.3) is 5.91 Å². The quantitative estimate of drug-likeness (QED) is 0.873. The first-order valence-corrected chi connectivity index (χ1v) is 9.55. The molecule has 2 aliphatic rings. The third-order valence-corrected chi connectivity index (χ3v) is 5.07. The van der Waals surface area contributed by atoms with Gasteiger partial charge >= 0.3 is 0 Å². The molecule has 1 aromatic carbocycles. The summed E-state index contributed by atoms with van der Waals surface area (Å²) in [6.45, 7) is 5.11. The van der Waals surface area contributed by atoms with Gasteiger partial charge in [-0.1, -0.05) is 18.2 Å². The number of hydrogen-bond donors (Lipinski definition) is 1. The molecule has 142 valence electrons. The molecular formula is C20H25N5O2. The fourth-order valence-electron chi connectivity index (χ4n) is 3.55. The van der Waals surface area contributed by atoms with Gasteiger partial charge < -0.3 is 15.0 Å². The van der Waals surface area contributed by atoms with E-state index in [1.54, 1.807) is 12.4 Å². The fourth-order valence-corrected chi connectivity index (χ4v) is 3.55. The number of anilines is 2. The summed E-state index contributed by atoms with van der Waals surface area (Å²) in [5.74, 6) is 0.483. The van der Waals surface area contributed by atoms with Crippen molar-refractivity contribution in [3.63, 3.8) is 0 Å². The summed E-state index contributed by atoms with van der Waals surface area (Å²) in [7, 11) is 0. The van der Waals surface area contributed by atoms with Crippen LogP contribution in [0, 0.1) is 0 Å². The number of aromatic nitrogens is 2. The molecule has 1 amide bonds. The van der Waals surface area contributed by atoms with Gasteiger partial charge in [-0.3, -0.25) is 9.69 Å². The fraction of sp³-hybridized carbons (Fsp3) is 0.450. The van der Waals surface area contributed by atoms with Crippen molar-refractivity contribution < 1.29 is 9.53 Å². The highest BCUT2D eigenvalue weighted by Crippen LogP contribution is 2.16. The van der Waals surface area contributed by atoms with Crippen LogP contribution < -0.4 is 5.32 Å². The minimum absolute atomic E-state index is 0.00183. The number of carbonyl (C=O) groups excluding carboxylic acids is 1. The van der Waals surface area contributed by atoms with Gasteiger partial charge in [-0.15, -0.1) is 0 Å². The van der Waals surface area contributed by atoms with Crippen molar-refractivity contribution in [2.45, 2.75) is 18.9 Å². The molecule has 4 rings (SSSR count). The van der Waals surface area contributed by atoms with E-state index in [-0.39, 0.29) is 5.91 Å². The molecule has 0 spiro atoms. The van der Waals surface area contributed by atoms with Gasteiger partial charge in [0.05, 0.1) is 11.7 Å². The van der Waals surface area contributed by atoms with Crippen molar-refractivity contribution in [2.24, 2.45) is 0 Å². The molecule has 2 saturated heterocycles. The zero-order chi connectivity index (χ0) is 18.5. The number of benzene rings is 1. The number of carbonyl (C=O) groups is 1. The van der Waals surface area contributed by atoms with Gasteiger partial charge in [0.15, 0.2) is 0 Å². The average molecular weight is 367 g/mol. The Morgan fingerprint density at radius 2 is 1.85 bits per heavy atom. The second-order valence-electron chi connectivity index (χ2n) is 7.01. The van der Waals surface area contributed by atoms with Gasteiger partial charge in [-0.2, -0.15) is 0 Å². The molecule has 0 aliphatic carbocycles. The van der Waals surface area contributed by atoms with Crippen molar-refractivity contribution in [1.29, 1.82) is 0 Å². The lowest BCUT2D eigenvalue weighted by Crippen LogP contribution is -2.50. The second kappa shape index (κ2) is 8.45. The maximum atomic E-state index is 12.7. The molecule has 1 unspecified atom stereocenters. The largest absolute Gasteiger partial charge is 0.377 e. The Labute approximate surface area is 159 Å². The summed E-state index contributed by atoms with van der Waals surface area (Å²) in [5.41, 5.74) is 1.44. The molecule has 1 atom stereocenters. The molecule has 0 bridgehead atoms. The Balaban J connectivity index is 1.29. The zero-order valence-electron chi connectivity index (χ0n) is 15.4. The maximum absolute atomic E-state index is 12.7. The molecule has 2 aromatic rings. The van der Waals surface area contributed by atoms with Gasteiger partial charge in [0.2, 0.25) is 5.95 Å². The minimum atomic E-state index is -0.00183. The van der Waals surface area contributed by atoms with Crippen LogP contribution in [0.5, 0.6) is 0 Å². The summed E-state index contributed by atoms with van der Waals surface area (Å²) in [6, 6.07) is 9.73. The van der Waals surface area contributed by atoms with E-state index in [4.69, 9.17) is 4.74 Å². The minimum Gasteiger partial charge on any atom is -0.377 e. The molecule has 7 heteroatoms. The van der Waals surface area contributed by atoms with Crippen LogP contribution in [0.25, 0.3) is 0 Å². The first kappa shape index (κ1) is 17.9. The number of piperazine rings is 1. The topological polar surface area (TPSA) is 70.6 Å². The first-order chi connectivity index (χ1) is 13.3. The van der Waals surface area contributed by atoms with E-state index >= 15 is 0 Å². The standard InChI is InChI=1S/C20H25N5O2/c26-19(25-10-8-24(9-11-25)15-18-7-4-12-27-18)16-13-21-20(22-14-16)23-17-5-2-1-3-6-17/h1-3,5-6,13-14,18H,4,7-12,15H2,(H,21,22,23). The number of ether oxygens (including phenoxy) is 1. The molecule has 27 heavy (non-hydrogen) atoms. The lowest BCUT2D eigenvalue weighted by atomic mass is 10.2. The Morgan fingerprint density at radius 1 is 1.11 bits per heavy atom. The molecule has 1 N–H and O–H groups in total. The lowest BCUT2D eigenvalue weighted by molar-refractivity contribution is 0.0432. The lowest BCUT2D eigenvalue weighted by Gasteiger charge is -2.35. The summed E-state index contributed by atoms with van der Waals surface area (Å²) in [5, 5.41) is 3.12. The highest BCUT2D eigenvalue weighted by atomic mass is 16.5. The zero-order valence-corrected chi connectivity index (χ0v) is 15.4. The molecule has 7 nitrogen and oxygen atoms in total. The third kappa shape index (κ3) is 4.61. The molecule has 2 fully saturated rings. The van der Waals surface area contributed by atoms with Crippen LogP contribution in [0.4, 0.5) is 11.6 Å². The van der Waals surface area contributed by atoms with E-state index in [1.807, 2.05) is 35.2 Å². The average Bonchev–Trinajstić information content (AvgIpc) is 3.22. The summed E-state index contributed by atoms with van der Waals surface area (Å²) in [6.07, 6.45) is 5.88. The molecule has 1 aromatic heterocycles. The van der Waals surface area contributed by atoms with Crippen LogP contribution >= 0.6 is 0 Å². The second-order valence-corrected chi connectivity index (χ2v) is 7.01. The van der Waals surface area contributed by atoms with E-state index in [0.29, 0.717) is 17.6 Å². The Kier molecular flexibility index (Phi) is 5.60. The van der Waals surface area contributed by atoms with E-state index in [0.717, 1.165) is 57.9 Å². The van der Waals surface area contributed by atoms with Crippen LogP contribution in [-0.4, -0.2) is 71.1 Å². The van der Waals surface area contributed by atoms with Crippen LogP contribution in [-0.2, 0) is 4.74 Å². The predicted octanol–water partition coefficient (Wildman–Crippen LogP) is 2.16. The number of para-hydroxylation sites is 1. The monoisotopic (exact) mass is 367 g/mol. The van der Waals surface area contributed by atoms with Crippen molar-refractivity contribution in [3.05, 3.63) is 48.3 Å². The third-order valence-electron chi connectivity index (χ3n) is 5.07. The number of amides is 1. The van der Waals surface area contributed by atoms with Crippen molar-refractivity contribution in [3.8, 4) is 0 Å². The Hall–Kier alpha value is -2.51. The van der Waals surface area contributed by atoms with Crippen molar-refractivity contribution >= 4 is 17.5 Å². The summed E-state index contributed by atoms with van der Waals surface area (Å²) in [4.78, 5) is 25.5. The maximum Gasteiger partial charge on any atom is 0.257 e. The van der Waals surface area contributed by atoms with Crippen molar-refractivity contribution in [1.82, 2.24) is 19.8 Å². The highest BCUT2D eigenvalue weighted by Gasteiger charge is 2.25. The Bertz CT molecular complexity index is 739. The molecule has 3 heterocycles. The van der Waals surface area contributed by atoms with Crippen LogP contribution in [0.2, 0.25) is 0 Å². The highest BCUT2D eigenvalue weighted by molar-refractivity contribution is 5.93. The first-order valence-electron chi connectivity index (χ1n) is 9.55. The normalized spacial score (nSPS) is 20.6. The molecule has 0 saturated carbocycles. The van der Waals surface area contributed by atoms with Crippen LogP contribution in [0.3, 0.4) is 0 Å². The van der Waals surface area contributed by atoms with E-state index in [2.05, 4.69) is 20.2 Å². The van der Waals surface area contributed by atoms with E-state index in [1.165, 1.54) is 0 Å². The summed E-state index contributed by atoms with van der Waals surface area (Å²) < 4.78 is 5.71. The van der Waals surface area contributed by atoms with Crippen LogP contribution in [0.1, 0.15) is 23.2 Å². The molecule has 2 aliphatic heterocycles. The smallest absolute Gasteiger partial charge is 0.257 e. The number of nitrogens with zero attached hydrogens (tertiary/aromatic N) is 4. The number of hydrogen-bond acceptors (Lipinski definition) is 6. The van der Waals surface area contributed by atoms with Gasteiger partial charge in [-0.05, 0) is 25.0 Å². The molecule has 0 radical (unpaired) electrons. The van der Waals surface area contributed by atoms with E-state index < -0.39 is 0 Å². The van der Waals surface area contributed by atoms with E-state index in [9.17, 15) is 4.79 Å². The number of rotatable bonds is 5. The SMILES string of the molecule is O=C(c1cnc(Nc2ccccc2)nc1)N1CCN(CC2CCCO2)CC1. The van der Waals surface area contributed by atoms with Crippen molar-refractivity contribution in [2.75, 3.05) is 44.6 Å². The predicted molar refractivity (Wildman–Crippen MR) is 103 cm³/mol. The van der Waals surface area contributed by atoms with Crippen LogP contribution in [0.15, 0.2) is 42.7 Å². The van der Waals surface area contributed by atoms with Gasteiger partial charge in [0.1, 0.15) is 0 Å². The molecular weight excluding hydrogens is 342 g/mol. The van der Waals surface area contributed by atoms with Gasteiger partial charge in [-0.25, -0.2) is 9.97 Å².